The first-order valence-electron chi connectivity index (χ1n) is 6.45. The number of aromatic nitrogens is 3. The number of rotatable bonds is 5. The molecule has 0 saturated carbocycles. The molecule has 8 heteroatoms. The Morgan fingerprint density at radius 3 is 2.74 bits per heavy atom. The Hall–Kier alpha value is -1.67. The number of morpholine rings is 1. The highest BCUT2D eigenvalue weighted by Crippen LogP contribution is 2.17. The summed E-state index contributed by atoms with van der Waals surface area (Å²) in [6.07, 6.45) is 0.926. The van der Waals surface area contributed by atoms with Crippen LogP contribution in [0, 0.1) is 0 Å². The highest BCUT2D eigenvalue weighted by atomic mass is 16.5. The molecule has 1 unspecified atom stereocenters. The van der Waals surface area contributed by atoms with Crippen LogP contribution in [0.5, 0.6) is 6.01 Å². The first kappa shape index (κ1) is 13.8. The fraction of sp³-hybridized carbons (Fsp3) is 0.727. The SMILES string of the molecule is CCC(C)Oc1nc(NN)nc(N2CCOCC2)n1. The maximum atomic E-state index is 5.62. The number of hydrogen-bond acceptors (Lipinski definition) is 8. The maximum absolute atomic E-state index is 5.62. The second-order valence-electron chi connectivity index (χ2n) is 4.32. The lowest BCUT2D eigenvalue weighted by Crippen LogP contribution is -2.37. The van der Waals surface area contributed by atoms with Crippen molar-refractivity contribution in [3.8, 4) is 6.01 Å². The second kappa shape index (κ2) is 6.48. The van der Waals surface area contributed by atoms with Gasteiger partial charge < -0.3 is 14.4 Å². The number of hydrazine groups is 1. The molecule has 0 spiro atoms. The van der Waals surface area contributed by atoms with Crippen molar-refractivity contribution in [3.63, 3.8) is 0 Å². The van der Waals surface area contributed by atoms with Crippen LogP contribution in [0.2, 0.25) is 0 Å². The van der Waals surface area contributed by atoms with E-state index in [9.17, 15) is 0 Å². The summed E-state index contributed by atoms with van der Waals surface area (Å²) in [5.74, 6) is 6.24. The Labute approximate surface area is 112 Å². The molecule has 0 radical (unpaired) electrons. The van der Waals surface area contributed by atoms with Crippen LogP contribution in [0.1, 0.15) is 20.3 Å². The lowest BCUT2D eigenvalue weighted by Gasteiger charge is -2.27. The van der Waals surface area contributed by atoms with Crippen LogP contribution in [0.3, 0.4) is 0 Å². The Morgan fingerprint density at radius 1 is 1.37 bits per heavy atom. The van der Waals surface area contributed by atoms with Crippen LogP contribution in [-0.4, -0.2) is 47.4 Å². The summed E-state index contributed by atoms with van der Waals surface area (Å²) in [6.45, 7) is 6.83. The van der Waals surface area contributed by atoms with Gasteiger partial charge in [0.25, 0.3) is 0 Å². The summed E-state index contributed by atoms with van der Waals surface area (Å²) < 4.78 is 10.9. The highest BCUT2D eigenvalue weighted by Gasteiger charge is 2.17. The van der Waals surface area contributed by atoms with Crippen molar-refractivity contribution in [3.05, 3.63) is 0 Å². The third kappa shape index (κ3) is 3.65. The first-order valence-corrected chi connectivity index (χ1v) is 6.45. The normalized spacial score (nSPS) is 17.1. The maximum Gasteiger partial charge on any atom is 0.323 e. The van der Waals surface area contributed by atoms with Gasteiger partial charge in [0.1, 0.15) is 0 Å². The first-order chi connectivity index (χ1) is 9.22. The summed E-state index contributed by atoms with van der Waals surface area (Å²) in [5, 5.41) is 0. The van der Waals surface area contributed by atoms with E-state index in [2.05, 4.69) is 20.4 Å². The van der Waals surface area contributed by atoms with Crippen molar-refractivity contribution < 1.29 is 9.47 Å². The lowest BCUT2D eigenvalue weighted by atomic mass is 10.3. The number of nitrogens with zero attached hydrogens (tertiary/aromatic N) is 4. The van der Waals surface area contributed by atoms with Gasteiger partial charge in [-0.15, -0.1) is 0 Å². The summed E-state index contributed by atoms with van der Waals surface area (Å²) >= 11 is 0. The fourth-order valence-corrected chi connectivity index (χ4v) is 1.63. The number of nitrogens with two attached hydrogens (primary N) is 1. The number of ether oxygens (including phenoxy) is 2. The van der Waals surface area contributed by atoms with Crippen molar-refractivity contribution >= 4 is 11.9 Å². The quantitative estimate of drug-likeness (QED) is 0.576. The van der Waals surface area contributed by atoms with Crippen LogP contribution in [0.15, 0.2) is 0 Å². The van der Waals surface area contributed by atoms with E-state index in [1.54, 1.807) is 0 Å². The van der Waals surface area contributed by atoms with Crippen LogP contribution in [0.4, 0.5) is 11.9 Å². The molecule has 8 nitrogen and oxygen atoms in total. The summed E-state index contributed by atoms with van der Waals surface area (Å²) in [7, 11) is 0. The van der Waals surface area contributed by atoms with Gasteiger partial charge in [-0.3, -0.25) is 5.43 Å². The van der Waals surface area contributed by atoms with E-state index in [4.69, 9.17) is 15.3 Å². The van der Waals surface area contributed by atoms with Crippen LogP contribution >= 0.6 is 0 Å². The predicted molar refractivity (Wildman–Crippen MR) is 71.1 cm³/mol. The molecule has 1 aromatic rings. The monoisotopic (exact) mass is 268 g/mol. The zero-order valence-electron chi connectivity index (χ0n) is 11.3. The van der Waals surface area contributed by atoms with E-state index in [0.717, 1.165) is 19.5 Å². The van der Waals surface area contributed by atoms with E-state index in [1.807, 2.05) is 18.7 Å². The van der Waals surface area contributed by atoms with Gasteiger partial charge in [-0.2, -0.15) is 15.0 Å². The van der Waals surface area contributed by atoms with Crippen molar-refractivity contribution in [1.82, 2.24) is 15.0 Å². The average Bonchev–Trinajstić information content (AvgIpc) is 2.47. The molecule has 106 valence electrons. The third-order valence-electron chi connectivity index (χ3n) is 2.91. The van der Waals surface area contributed by atoms with Gasteiger partial charge in [-0.1, -0.05) is 6.92 Å². The van der Waals surface area contributed by atoms with Gasteiger partial charge in [0.05, 0.1) is 19.3 Å². The molecule has 19 heavy (non-hydrogen) atoms. The Kier molecular flexibility index (Phi) is 4.69. The largest absolute Gasteiger partial charge is 0.460 e. The van der Waals surface area contributed by atoms with Crippen molar-refractivity contribution in [2.45, 2.75) is 26.4 Å². The molecule has 1 atom stereocenters. The standard InChI is InChI=1S/C11H20N6O2/c1-3-8(2)19-11-14-9(16-12)13-10(15-11)17-4-6-18-7-5-17/h8H,3-7,12H2,1-2H3,(H,13,14,15,16). The van der Waals surface area contributed by atoms with Crippen LogP contribution in [0.25, 0.3) is 0 Å². The molecule has 0 aliphatic carbocycles. The molecule has 3 N–H and O–H groups in total. The third-order valence-corrected chi connectivity index (χ3v) is 2.91. The second-order valence-corrected chi connectivity index (χ2v) is 4.32. The molecule has 1 saturated heterocycles. The molecule has 2 heterocycles. The molecule has 1 aromatic heterocycles. The molecule has 0 bridgehead atoms. The number of nitrogens with one attached hydrogen (secondary N) is 1. The molecule has 0 amide bonds. The van der Waals surface area contributed by atoms with Crippen LogP contribution in [-0.2, 0) is 4.74 Å². The lowest BCUT2D eigenvalue weighted by molar-refractivity contribution is 0.121. The molecule has 0 aromatic carbocycles. The van der Waals surface area contributed by atoms with Crippen molar-refractivity contribution in [2.75, 3.05) is 36.6 Å². The minimum atomic E-state index is 0.0468. The molecular weight excluding hydrogens is 248 g/mol. The van der Waals surface area contributed by atoms with Gasteiger partial charge in [-0.25, -0.2) is 5.84 Å². The average molecular weight is 268 g/mol. The van der Waals surface area contributed by atoms with Crippen LogP contribution < -0.4 is 20.9 Å². The summed E-state index contributed by atoms with van der Waals surface area (Å²) in [4.78, 5) is 14.7. The zero-order valence-corrected chi connectivity index (χ0v) is 11.3. The predicted octanol–water partition coefficient (Wildman–Crippen LogP) is 0.171. The van der Waals surface area contributed by atoms with Crippen molar-refractivity contribution in [2.24, 2.45) is 5.84 Å². The molecule has 1 aliphatic heterocycles. The highest BCUT2D eigenvalue weighted by molar-refractivity contribution is 5.38. The van der Waals surface area contributed by atoms with Gasteiger partial charge in [0.2, 0.25) is 11.9 Å². The van der Waals surface area contributed by atoms with E-state index in [0.29, 0.717) is 31.1 Å². The number of nitrogen functional groups attached to an aromatic ring is 1. The van der Waals surface area contributed by atoms with Gasteiger partial charge in [0, 0.05) is 13.1 Å². The minimum absolute atomic E-state index is 0.0468. The zero-order chi connectivity index (χ0) is 13.7. The Balaban J connectivity index is 2.19. The number of hydrogen-bond donors (Lipinski definition) is 2. The summed E-state index contributed by atoms with van der Waals surface area (Å²) in [5.41, 5.74) is 2.44. The molecule has 2 rings (SSSR count). The van der Waals surface area contributed by atoms with Gasteiger partial charge in [0.15, 0.2) is 0 Å². The number of anilines is 2. The van der Waals surface area contributed by atoms with Gasteiger partial charge in [-0.05, 0) is 13.3 Å². The van der Waals surface area contributed by atoms with E-state index >= 15 is 0 Å². The molecular formula is C11H20N6O2. The van der Waals surface area contributed by atoms with E-state index in [1.165, 1.54) is 0 Å². The molecule has 1 fully saturated rings. The topological polar surface area (TPSA) is 98.4 Å². The smallest absolute Gasteiger partial charge is 0.323 e. The van der Waals surface area contributed by atoms with Crippen molar-refractivity contribution in [1.29, 1.82) is 0 Å². The molecule has 1 aliphatic rings. The Bertz CT molecular complexity index is 410. The van der Waals surface area contributed by atoms with E-state index in [-0.39, 0.29) is 6.10 Å². The summed E-state index contributed by atoms with van der Waals surface area (Å²) in [6, 6.07) is 0.291. The van der Waals surface area contributed by atoms with E-state index < -0.39 is 0 Å². The minimum Gasteiger partial charge on any atom is -0.460 e. The van der Waals surface area contributed by atoms with Gasteiger partial charge >= 0.3 is 6.01 Å². The Morgan fingerprint density at radius 2 is 2.11 bits per heavy atom. The fourth-order valence-electron chi connectivity index (χ4n) is 1.63.